The Kier molecular flexibility index (Phi) is 5.90. The van der Waals surface area contributed by atoms with E-state index in [1.165, 1.54) is 6.92 Å². The quantitative estimate of drug-likeness (QED) is 0.799. The van der Waals surface area contributed by atoms with Gasteiger partial charge in [0.25, 0.3) is 5.91 Å². The van der Waals surface area contributed by atoms with E-state index in [9.17, 15) is 9.59 Å². The van der Waals surface area contributed by atoms with Crippen molar-refractivity contribution in [1.29, 1.82) is 0 Å². The fourth-order valence-corrected chi connectivity index (χ4v) is 2.41. The number of ketones is 1. The largest absolute Gasteiger partial charge is 0.333 e. The Morgan fingerprint density at radius 3 is 2.43 bits per heavy atom. The molecule has 0 aliphatic heterocycles. The number of carbonyl (C=O) groups is 2. The van der Waals surface area contributed by atoms with Crippen LogP contribution in [-0.2, 0) is 4.79 Å². The summed E-state index contributed by atoms with van der Waals surface area (Å²) in [7, 11) is 0. The van der Waals surface area contributed by atoms with E-state index in [-0.39, 0.29) is 24.3 Å². The third-order valence-electron chi connectivity index (χ3n) is 3.63. The van der Waals surface area contributed by atoms with Crippen molar-refractivity contribution in [2.45, 2.75) is 19.9 Å². The first-order chi connectivity index (χ1) is 11.0. The summed E-state index contributed by atoms with van der Waals surface area (Å²) in [4.78, 5) is 23.7. The number of amides is 1. The molecule has 3 N–H and O–H groups in total. The first kappa shape index (κ1) is 17.2. The molecule has 0 bridgehead atoms. The number of halogens is 1. The smallest absolute Gasteiger partial charge is 0.279 e. The summed E-state index contributed by atoms with van der Waals surface area (Å²) in [6, 6.07) is 14.7. The van der Waals surface area contributed by atoms with Gasteiger partial charge in [-0.3, -0.25) is 9.59 Å². The topological polar surface area (TPSA) is 62.8 Å². The van der Waals surface area contributed by atoms with Gasteiger partial charge in [-0.25, -0.2) is 0 Å². The predicted molar refractivity (Wildman–Crippen MR) is 91.7 cm³/mol. The lowest BCUT2D eigenvalue weighted by Crippen LogP contribution is -2.86. The lowest BCUT2D eigenvalue weighted by molar-refractivity contribution is -0.682. The Morgan fingerprint density at radius 1 is 1.13 bits per heavy atom. The van der Waals surface area contributed by atoms with E-state index in [4.69, 9.17) is 11.6 Å². The molecule has 0 fully saturated rings. The van der Waals surface area contributed by atoms with E-state index in [1.807, 2.05) is 36.5 Å². The predicted octanol–water partition coefficient (Wildman–Crippen LogP) is 2.81. The maximum atomic E-state index is 12.1. The molecule has 0 saturated heterocycles. The third-order valence-corrected chi connectivity index (χ3v) is 3.89. The summed E-state index contributed by atoms with van der Waals surface area (Å²) in [5, 5.41) is 5.43. The normalized spacial score (nSPS) is 11.8. The molecule has 2 aromatic rings. The third kappa shape index (κ3) is 4.91. The van der Waals surface area contributed by atoms with Crippen molar-refractivity contribution in [3.05, 3.63) is 64.7 Å². The molecule has 0 saturated carbocycles. The lowest BCUT2D eigenvalue weighted by atomic mass is 10.1. The number of rotatable bonds is 6. The standard InChI is InChI=1S/C18H19ClN2O2/c1-12(14-7-9-15(19)10-8-14)20-11-18(23)21-17-6-4-3-5-16(17)13(2)22/h3-10,12,20H,11H2,1-2H3,(H,21,23)/p+1/t12-/m1/s1. The second-order valence-electron chi connectivity index (χ2n) is 5.43. The van der Waals surface area contributed by atoms with Gasteiger partial charge in [0.1, 0.15) is 6.04 Å². The van der Waals surface area contributed by atoms with Gasteiger partial charge in [0.15, 0.2) is 12.3 Å². The minimum Gasteiger partial charge on any atom is -0.333 e. The number of hydrogen-bond acceptors (Lipinski definition) is 2. The van der Waals surface area contributed by atoms with Crippen molar-refractivity contribution in [3.8, 4) is 0 Å². The maximum Gasteiger partial charge on any atom is 0.279 e. The number of nitrogens with one attached hydrogen (secondary N) is 1. The number of Topliss-reactive ketones (excluding diaryl/α,β-unsaturated/α-hetero) is 1. The highest BCUT2D eigenvalue weighted by Crippen LogP contribution is 2.15. The highest BCUT2D eigenvalue weighted by atomic mass is 35.5. The molecule has 2 aromatic carbocycles. The molecule has 4 nitrogen and oxygen atoms in total. The molecule has 0 aromatic heterocycles. The fourth-order valence-electron chi connectivity index (χ4n) is 2.29. The van der Waals surface area contributed by atoms with Crippen LogP contribution in [0, 0.1) is 0 Å². The van der Waals surface area contributed by atoms with Crippen LogP contribution in [0.4, 0.5) is 5.69 Å². The fraction of sp³-hybridized carbons (Fsp3) is 0.222. The van der Waals surface area contributed by atoms with Crippen LogP contribution in [0.15, 0.2) is 48.5 Å². The number of anilines is 1. The highest BCUT2D eigenvalue weighted by molar-refractivity contribution is 6.30. The van der Waals surface area contributed by atoms with E-state index in [0.29, 0.717) is 16.3 Å². The molecule has 2 rings (SSSR count). The second-order valence-corrected chi connectivity index (χ2v) is 5.87. The van der Waals surface area contributed by atoms with E-state index in [1.54, 1.807) is 24.3 Å². The van der Waals surface area contributed by atoms with Gasteiger partial charge in [-0.1, -0.05) is 35.9 Å². The van der Waals surface area contributed by atoms with Gasteiger partial charge >= 0.3 is 0 Å². The number of hydrogen-bond donors (Lipinski definition) is 2. The zero-order valence-electron chi connectivity index (χ0n) is 13.2. The van der Waals surface area contributed by atoms with Gasteiger partial charge in [-0.05, 0) is 38.1 Å². The minimum absolute atomic E-state index is 0.0700. The molecule has 23 heavy (non-hydrogen) atoms. The van der Waals surface area contributed by atoms with Crippen LogP contribution >= 0.6 is 11.6 Å². The van der Waals surface area contributed by atoms with Crippen molar-refractivity contribution in [1.82, 2.24) is 0 Å². The SMILES string of the molecule is CC(=O)c1ccccc1NC(=O)C[NH2+][C@H](C)c1ccc(Cl)cc1. The van der Waals surface area contributed by atoms with Crippen molar-refractivity contribution >= 4 is 29.0 Å². The molecule has 0 radical (unpaired) electrons. The van der Waals surface area contributed by atoms with Gasteiger partial charge in [-0.2, -0.15) is 0 Å². The summed E-state index contributed by atoms with van der Waals surface area (Å²) in [6.07, 6.45) is 0. The van der Waals surface area contributed by atoms with Crippen molar-refractivity contribution < 1.29 is 14.9 Å². The molecule has 0 unspecified atom stereocenters. The number of quaternary nitrogens is 1. The molecule has 0 aliphatic rings. The average molecular weight is 332 g/mol. The van der Waals surface area contributed by atoms with E-state index in [2.05, 4.69) is 5.32 Å². The molecule has 1 atom stereocenters. The van der Waals surface area contributed by atoms with Gasteiger partial charge in [0.05, 0.1) is 5.69 Å². The van der Waals surface area contributed by atoms with Gasteiger partial charge < -0.3 is 10.6 Å². The number of benzene rings is 2. The first-order valence-corrected chi connectivity index (χ1v) is 7.84. The molecule has 0 heterocycles. The molecule has 0 aliphatic carbocycles. The number of para-hydroxylation sites is 1. The van der Waals surface area contributed by atoms with Gasteiger partial charge in [0.2, 0.25) is 0 Å². The van der Waals surface area contributed by atoms with Crippen LogP contribution in [0.2, 0.25) is 5.02 Å². The molecule has 1 amide bonds. The van der Waals surface area contributed by atoms with Crippen LogP contribution in [0.5, 0.6) is 0 Å². The Balaban J connectivity index is 1.93. The summed E-state index contributed by atoms with van der Waals surface area (Å²) >= 11 is 5.87. The number of nitrogens with two attached hydrogens (primary N) is 1. The summed E-state index contributed by atoms with van der Waals surface area (Å²) in [6.45, 7) is 3.79. The van der Waals surface area contributed by atoms with E-state index >= 15 is 0 Å². The Labute approximate surface area is 140 Å². The maximum absolute atomic E-state index is 12.1. The molecular formula is C18H20ClN2O2+. The van der Waals surface area contributed by atoms with Crippen molar-refractivity contribution in [3.63, 3.8) is 0 Å². The second kappa shape index (κ2) is 7.90. The molecule has 0 spiro atoms. The summed E-state index contributed by atoms with van der Waals surface area (Å²) in [5.74, 6) is -0.209. The van der Waals surface area contributed by atoms with Gasteiger partial charge in [0, 0.05) is 16.1 Å². The van der Waals surface area contributed by atoms with Crippen LogP contribution in [0.3, 0.4) is 0 Å². The van der Waals surface area contributed by atoms with E-state index < -0.39 is 0 Å². The highest BCUT2D eigenvalue weighted by Gasteiger charge is 2.13. The van der Waals surface area contributed by atoms with Crippen LogP contribution in [0.1, 0.15) is 35.8 Å². The van der Waals surface area contributed by atoms with Crippen molar-refractivity contribution in [2.24, 2.45) is 0 Å². The number of carbonyl (C=O) groups excluding carboxylic acids is 2. The zero-order valence-corrected chi connectivity index (χ0v) is 13.9. The summed E-state index contributed by atoms with van der Waals surface area (Å²) < 4.78 is 0. The van der Waals surface area contributed by atoms with Crippen LogP contribution < -0.4 is 10.6 Å². The zero-order chi connectivity index (χ0) is 16.8. The lowest BCUT2D eigenvalue weighted by Gasteiger charge is -2.12. The average Bonchev–Trinajstić information content (AvgIpc) is 2.53. The van der Waals surface area contributed by atoms with Gasteiger partial charge in [-0.15, -0.1) is 0 Å². The monoisotopic (exact) mass is 331 g/mol. The molecule has 5 heteroatoms. The van der Waals surface area contributed by atoms with E-state index in [0.717, 1.165) is 5.56 Å². The Morgan fingerprint density at radius 2 is 1.78 bits per heavy atom. The molecule has 120 valence electrons. The van der Waals surface area contributed by atoms with Crippen LogP contribution in [-0.4, -0.2) is 18.2 Å². The van der Waals surface area contributed by atoms with Crippen LogP contribution in [0.25, 0.3) is 0 Å². The molecular weight excluding hydrogens is 312 g/mol. The first-order valence-electron chi connectivity index (χ1n) is 7.46. The van der Waals surface area contributed by atoms with Crippen molar-refractivity contribution in [2.75, 3.05) is 11.9 Å². The minimum atomic E-state index is -0.139. The summed E-state index contributed by atoms with van der Waals surface area (Å²) in [5.41, 5.74) is 2.18. The Bertz CT molecular complexity index is 698. The Hall–Kier alpha value is -2.17.